The number of benzene rings is 6. The van der Waals surface area contributed by atoms with Gasteiger partial charge in [-0.25, -0.2) is 4.98 Å². The highest BCUT2D eigenvalue weighted by molar-refractivity contribution is 6.23. The number of oxazole rings is 1. The summed E-state index contributed by atoms with van der Waals surface area (Å²) in [6.07, 6.45) is 6.67. The van der Waals surface area contributed by atoms with Crippen molar-refractivity contribution in [1.82, 2.24) is 10.3 Å². The lowest BCUT2D eigenvalue weighted by atomic mass is 9.87. The Kier molecular flexibility index (Phi) is 5.17. The lowest BCUT2D eigenvalue weighted by molar-refractivity contribution is 0.155. The molecular weight excluding hydrogens is 492 g/mol. The number of rotatable bonds is 4. The zero-order valence-corrected chi connectivity index (χ0v) is 21.5. The van der Waals surface area contributed by atoms with E-state index in [1.54, 1.807) is 18.7 Å². The fourth-order valence-electron chi connectivity index (χ4n) is 5.94. The molecule has 0 saturated heterocycles. The fraction of sp³-hybridized carbons (Fsp3) is 0.0278. The second-order valence-corrected chi connectivity index (χ2v) is 10.1. The van der Waals surface area contributed by atoms with Gasteiger partial charge in [0.15, 0.2) is 6.23 Å². The Morgan fingerprint density at radius 1 is 0.575 bits per heavy atom. The molecule has 7 aromatic rings. The molecule has 40 heavy (non-hydrogen) atoms. The van der Waals surface area contributed by atoms with E-state index in [1.165, 1.54) is 49.0 Å². The van der Waals surface area contributed by atoms with Gasteiger partial charge in [0, 0.05) is 17.3 Å². The molecule has 4 nitrogen and oxygen atoms in total. The Bertz CT molecular complexity index is 2070. The van der Waals surface area contributed by atoms with E-state index in [4.69, 9.17) is 9.15 Å². The van der Waals surface area contributed by atoms with E-state index in [-0.39, 0.29) is 6.23 Å². The van der Waals surface area contributed by atoms with Crippen molar-refractivity contribution in [3.05, 3.63) is 140 Å². The van der Waals surface area contributed by atoms with Gasteiger partial charge in [-0.15, -0.1) is 0 Å². The number of hydrogen-bond acceptors (Lipinski definition) is 4. The standard InChI is InChI=1S/C36H24N2O2/c1-3-13-29-27(11-1)31(23-7-5-9-25(19-23)35-37-15-17-39-35)21-34-30-14-4-2-12-28(30)32(22-33(29)34)24-8-6-10-26(20-24)36-38-16-18-40-36/h1-22,35,37H. The average Bonchev–Trinajstić information content (AvgIpc) is 3.76. The third-order valence-electron chi connectivity index (χ3n) is 7.77. The molecule has 0 spiro atoms. The number of nitrogens with zero attached hydrogens (tertiary/aromatic N) is 1. The van der Waals surface area contributed by atoms with Gasteiger partial charge >= 0.3 is 0 Å². The monoisotopic (exact) mass is 516 g/mol. The van der Waals surface area contributed by atoms with Crippen LogP contribution in [-0.2, 0) is 4.74 Å². The number of nitrogens with one attached hydrogen (secondary N) is 1. The van der Waals surface area contributed by atoms with Gasteiger partial charge in [-0.2, -0.15) is 0 Å². The van der Waals surface area contributed by atoms with Crippen LogP contribution in [0.5, 0.6) is 0 Å². The molecule has 1 aliphatic heterocycles. The zero-order chi connectivity index (χ0) is 26.5. The third-order valence-corrected chi connectivity index (χ3v) is 7.77. The predicted octanol–water partition coefficient (Wildman–Crippen LogP) is 9.22. The maximum absolute atomic E-state index is 5.73. The van der Waals surface area contributed by atoms with E-state index in [0.29, 0.717) is 5.89 Å². The minimum Gasteiger partial charge on any atom is -0.473 e. The van der Waals surface area contributed by atoms with Crippen LogP contribution in [0.3, 0.4) is 0 Å². The minimum absolute atomic E-state index is 0.165. The number of ether oxygens (including phenoxy) is 1. The molecule has 2 heterocycles. The van der Waals surface area contributed by atoms with Gasteiger partial charge in [0.2, 0.25) is 5.89 Å². The van der Waals surface area contributed by atoms with Crippen molar-refractivity contribution in [2.45, 2.75) is 6.23 Å². The lowest BCUT2D eigenvalue weighted by Crippen LogP contribution is -2.11. The summed E-state index contributed by atoms with van der Waals surface area (Å²) in [4.78, 5) is 4.36. The predicted molar refractivity (Wildman–Crippen MR) is 161 cm³/mol. The van der Waals surface area contributed by atoms with E-state index >= 15 is 0 Å². The topological polar surface area (TPSA) is 47.3 Å². The van der Waals surface area contributed by atoms with Crippen molar-refractivity contribution in [3.8, 4) is 33.7 Å². The van der Waals surface area contributed by atoms with Gasteiger partial charge in [0.05, 0.1) is 6.20 Å². The summed E-state index contributed by atoms with van der Waals surface area (Å²) in [6, 6.07) is 39.1. The quantitative estimate of drug-likeness (QED) is 0.237. The molecule has 0 saturated carbocycles. The van der Waals surface area contributed by atoms with Crippen molar-refractivity contribution in [2.24, 2.45) is 0 Å². The largest absolute Gasteiger partial charge is 0.473 e. The average molecular weight is 517 g/mol. The summed E-state index contributed by atoms with van der Waals surface area (Å²) in [5.41, 5.74) is 6.75. The maximum atomic E-state index is 5.73. The summed E-state index contributed by atoms with van der Waals surface area (Å²) in [7, 11) is 0. The normalized spacial score (nSPS) is 14.6. The van der Waals surface area contributed by atoms with E-state index in [0.717, 1.165) is 16.7 Å². The SMILES string of the molecule is C1=COC(c2cccc(-c3cc4c5ccccc5c(-c5cccc(-c6ncco6)c5)cc4c4ccccc34)c2)N1. The molecule has 4 heteroatoms. The lowest BCUT2D eigenvalue weighted by Gasteiger charge is -2.17. The molecule has 1 atom stereocenters. The molecule has 6 aromatic carbocycles. The van der Waals surface area contributed by atoms with Crippen molar-refractivity contribution >= 4 is 32.3 Å². The minimum atomic E-state index is -0.165. The van der Waals surface area contributed by atoms with Crippen molar-refractivity contribution < 1.29 is 9.15 Å². The molecule has 0 amide bonds. The molecule has 1 N–H and O–H groups in total. The number of hydrogen-bond donors (Lipinski definition) is 1. The van der Waals surface area contributed by atoms with Crippen LogP contribution in [0.2, 0.25) is 0 Å². The molecule has 190 valence electrons. The number of aromatic nitrogens is 1. The summed E-state index contributed by atoms with van der Waals surface area (Å²) in [6.45, 7) is 0. The van der Waals surface area contributed by atoms with E-state index < -0.39 is 0 Å². The summed E-state index contributed by atoms with van der Waals surface area (Å²) in [5.74, 6) is 0.623. The van der Waals surface area contributed by atoms with Crippen molar-refractivity contribution in [2.75, 3.05) is 0 Å². The van der Waals surface area contributed by atoms with Gasteiger partial charge < -0.3 is 14.5 Å². The molecule has 0 aliphatic carbocycles. The van der Waals surface area contributed by atoms with Gasteiger partial charge in [-0.1, -0.05) is 78.9 Å². The molecule has 8 rings (SSSR count). The smallest absolute Gasteiger partial charge is 0.225 e. The van der Waals surface area contributed by atoms with Crippen LogP contribution in [0.15, 0.2) is 139 Å². The van der Waals surface area contributed by atoms with Crippen LogP contribution in [0.25, 0.3) is 66.0 Å². The molecule has 0 fully saturated rings. The molecular formula is C36H24N2O2. The third kappa shape index (κ3) is 3.65. The Labute approximate surface area is 231 Å². The van der Waals surface area contributed by atoms with Crippen molar-refractivity contribution in [1.29, 1.82) is 0 Å². The highest BCUT2D eigenvalue weighted by Gasteiger charge is 2.17. The Morgan fingerprint density at radius 3 is 1.82 bits per heavy atom. The highest BCUT2D eigenvalue weighted by atomic mass is 16.5. The first-order valence-corrected chi connectivity index (χ1v) is 13.4. The van der Waals surface area contributed by atoms with Gasteiger partial charge in [-0.3, -0.25) is 0 Å². The fourth-order valence-corrected chi connectivity index (χ4v) is 5.94. The van der Waals surface area contributed by atoms with Gasteiger partial charge in [0.25, 0.3) is 0 Å². The van der Waals surface area contributed by atoms with Crippen molar-refractivity contribution in [3.63, 3.8) is 0 Å². The van der Waals surface area contributed by atoms with E-state index in [1.807, 2.05) is 12.3 Å². The van der Waals surface area contributed by atoms with E-state index in [9.17, 15) is 0 Å². The van der Waals surface area contributed by atoms with Crippen LogP contribution in [-0.4, -0.2) is 4.98 Å². The van der Waals surface area contributed by atoms with E-state index in [2.05, 4.69) is 113 Å². The molecule has 0 bridgehead atoms. The highest BCUT2D eigenvalue weighted by Crippen LogP contribution is 2.42. The molecule has 1 unspecified atom stereocenters. The first-order valence-electron chi connectivity index (χ1n) is 13.4. The van der Waals surface area contributed by atoms with Gasteiger partial charge in [0.1, 0.15) is 12.5 Å². The Morgan fingerprint density at radius 2 is 1.20 bits per heavy atom. The van der Waals surface area contributed by atoms with Gasteiger partial charge in [-0.05, 0) is 84.9 Å². The Hall–Kier alpha value is -5.35. The molecule has 1 aliphatic rings. The van der Waals surface area contributed by atoms with Crippen LogP contribution >= 0.6 is 0 Å². The zero-order valence-electron chi connectivity index (χ0n) is 21.5. The van der Waals surface area contributed by atoms with Crippen LogP contribution in [0.4, 0.5) is 0 Å². The first-order chi connectivity index (χ1) is 19.8. The molecule has 0 radical (unpaired) electrons. The second kappa shape index (κ2) is 9.14. The maximum Gasteiger partial charge on any atom is 0.225 e. The second-order valence-electron chi connectivity index (χ2n) is 10.1. The van der Waals surface area contributed by atoms with Crippen LogP contribution < -0.4 is 5.32 Å². The molecule has 1 aromatic heterocycles. The summed E-state index contributed by atoms with van der Waals surface area (Å²) < 4.78 is 11.3. The Balaban J connectivity index is 1.39. The summed E-state index contributed by atoms with van der Waals surface area (Å²) >= 11 is 0. The van der Waals surface area contributed by atoms with Crippen LogP contribution in [0, 0.1) is 0 Å². The first kappa shape index (κ1) is 22.6. The number of fused-ring (bicyclic) bond motifs is 5. The summed E-state index contributed by atoms with van der Waals surface area (Å²) in [5, 5.41) is 10.6. The van der Waals surface area contributed by atoms with Crippen LogP contribution in [0.1, 0.15) is 11.8 Å².